The van der Waals surface area contributed by atoms with Gasteiger partial charge in [-0.3, -0.25) is 0 Å². The molecule has 1 heterocycles. The minimum absolute atomic E-state index is 0.151. The van der Waals surface area contributed by atoms with E-state index in [9.17, 15) is 4.79 Å². The van der Waals surface area contributed by atoms with Crippen LogP contribution in [0, 0.1) is 0 Å². The molecule has 5 rings (SSSR count). The number of esters is 1. The number of hydrogen-bond donors (Lipinski definition) is 1. The summed E-state index contributed by atoms with van der Waals surface area (Å²) in [6.45, 7) is 1.36. The summed E-state index contributed by atoms with van der Waals surface area (Å²) in [5.41, 5.74) is 10.2. The van der Waals surface area contributed by atoms with Crippen LogP contribution in [0.4, 0.5) is 0 Å². The lowest BCUT2D eigenvalue weighted by Crippen LogP contribution is -2.58. The van der Waals surface area contributed by atoms with Crippen molar-refractivity contribution in [3.63, 3.8) is 0 Å². The van der Waals surface area contributed by atoms with Crippen molar-refractivity contribution in [1.29, 1.82) is 0 Å². The molecule has 224 valence electrons. The third-order valence-electron chi connectivity index (χ3n) is 7.44. The number of hydrogen-bond acceptors (Lipinski definition) is 7. The number of carbonyl (C=O) groups excluding carboxylic acids is 1. The maximum Gasteiger partial charge on any atom is 0.335 e. The molecule has 4 aromatic carbocycles. The van der Waals surface area contributed by atoms with Gasteiger partial charge >= 0.3 is 5.97 Å². The van der Waals surface area contributed by atoms with Crippen molar-refractivity contribution < 1.29 is 28.5 Å². The molecule has 5 atom stereocenters. The van der Waals surface area contributed by atoms with Crippen LogP contribution in [0.3, 0.4) is 0 Å². The molecule has 43 heavy (non-hydrogen) atoms. The first-order chi connectivity index (χ1) is 21.2. The smallest absolute Gasteiger partial charge is 0.335 e. The molecule has 4 aromatic rings. The van der Waals surface area contributed by atoms with Crippen LogP contribution in [0.2, 0.25) is 0 Å². The van der Waals surface area contributed by atoms with Crippen molar-refractivity contribution >= 4 is 5.97 Å². The van der Waals surface area contributed by atoms with E-state index in [1.54, 1.807) is 0 Å². The highest BCUT2D eigenvalue weighted by atomic mass is 16.6. The van der Waals surface area contributed by atoms with Gasteiger partial charge in [-0.05, 0) is 22.3 Å². The van der Waals surface area contributed by atoms with Crippen molar-refractivity contribution in [1.82, 2.24) is 0 Å². The van der Waals surface area contributed by atoms with Gasteiger partial charge in [0.1, 0.15) is 18.8 Å². The normalized spacial score (nSPS) is 20.8. The van der Waals surface area contributed by atoms with Crippen molar-refractivity contribution in [2.45, 2.75) is 63.4 Å². The lowest BCUT2D eigenvalue weighted by atomic mass is 9.93. The highest BCUT2D eigenvalue weighted by Crippen LogP contribution is 2.31. The second kappa shape index (κ2) is 16.1. The van der Waals surface area contributed by atoms with Gasteiger partial charge in [0.2, 0.25) is 0 Å². The van der Waals surface area contributed by atoms with Gasteiger partial charge in [-0.2, -0.15) is 0 Å². The van der Waals surface area contributed by atoms with Crippen LogP contribution in [-0.4, -0.2) is 43.0 Å². The van der Waals surface area contributed by atoms with Crippen LogP contribution < -0.4 is 5.73 Å². The number of rotatable bonds is 14. The number of carbonyl (C=O) groups is 1. The molecule has 7 heteroatoms. The van der Waals surface area contributed by atoms with E-state index in [0.717, 1.165) is 22.3 Å². The van der Waals surface area contributed by atoms with E-state index in [2.05, 4.69) is 0 Å². The Morgan fingerprint density at radius 1 is 0.674 bits per heavy atom. The summed E-state index contributed by atoms with van der Waals surface area (Å²) in [5, 5.41) is 0. The van der Waals surface area contributed by atoms with Crippen LogP contribution in [0.25, 0.3) is 0 Å². The molecule has 7 nitrogen and oxygen atoms in total. The Hall–Kier alpha value is -3.85. The Balaban J connectivity index is 1.38. The number of ether oxygens (including phenoxy) is 5. The second-order valence-electron chi connectivity index (χ2n) is 10.6. The molecule has 2 N–H and O–H groups in total. The van der Waals surface area contributed by atoms with Crippen molar-refractivity contribution in [3.8, 4) is 0 Å². The van der Waals surface area contributed by atoms with Gasteiger partial charge in [0, 0.05) is 13.0 Å². The van der Waals surface area contributed by atoms with Crippen LogP contribution in [0.1, 0.15) is 28.7 Å². The maximum absolute atomic E-state index is 13.4. The molecule has 0 amide bonds. The topological polar surface area (TPSA) is 89.2 Å². The second-order valence-corrected chi connectivity index (χ2v) is 10.6. The largest absolute Gasteiger partial charge is 0.459 e. The Bertz CT molecular complexity index is 1360. The van der Waals surface area contributed by atoms with E-state index in [1.807, 2.05) is 121 Å². The average Bonchev–Trinajstić information content (AvgIpc) is 3.07. The molecule has 0 saturated carbocycles. The maximum atomic E-state index is 13.4. The standard InChI is InChI=1S/C36H39NO6/c37-22-33(40-24-28-15-7-2-8-16-28)35-34(41-25-29-17-9-3-10-18-29)31(39-23-27-13-5-1-6-14-27)21-32(43-35)36(38)42-26-30-19-11-4-12-20-30/h1-20,31-35H,21-26,37H2/t31-,32+,33-,34-,35-/m1/s1. The van der Waals surface area contributed by atoms with Gasteiger partial charge in [0.05, 0.1) is 32.0 Å². The first-order valence-corrected chi connectivity index (χ1v) is 14.7. The monoisotopic (exact) mass is 581 g/mol. The van der Waals surface area contributed by atoms with E-state index >= 15 is 0 Å². The molecule has 0 unspecified atom stereocenters. The average molecular weight is 582 g/mol. The molecule has 1 aliphatic rings. The number of nitrogens with two attached hydrogens (primary N) is 1. The van der Waals surface area contributed by atoms with E-state index < -0.39 is 36.5 Å². The number of benzene rings is 4. The summed E-state index contributed by atoms with van der Waals surface area (Å²) >= 11 is 0. The molecule has 0 aromatic heterocycles. The molecule has 1 saturated heterocycles. The first kappa shape index (κ1) is 30.6. The van der Waals surface area contributed by atoms with Gasteiger partial charge in [0.25, 0.3) is 0 Å². The lowest BCUT2D eigenvalue weighted by molar-refractivity contribution is -0.240. The fourth-order valence-corrected chi connectivity index (χ4v) is 5.14. The predicted octanol–water partition coefficient (Wildman–Crippen LogP) is 5.60. The van der Waals surface area contributed by atoms with Crippen molar-refractivity contribution in [2.24, 2.45) is 5.73 Å². The van der Waals surface area contributed by atoms with Crippen LogP contribution in [0.5, 0.6) is 0 Å². The van der Waals surface area contributed by atoms with Gasteiger partial charge in [-0.25, -0.2) is 4.79 Å². The SMILES string of the molecule is NC[C@@H](OCc1ccccc1)[C@H]1O[C@H](C(=O)OCc2ccccc2)C[C@@H](OCc2ccccc2)[C@H]1OCc1ccccc1. The highest BCUT2D eigenvalue weighted by Gasteiger charge is 2.47. The van der Waals surface area contributed by atoms with Gasteiger partial charge in [0.15, 0.2) is 6.10 Å². The Kier molecular flexibility index (Phi) is 11.5. The van der Waals surface area contributed by atoms with Crippen LogP contribution >= 0.6 is 0 Å². The molecular weight excluding hydrogens is 542 g/mol. The third kappa shape index (κ3) is 9.07. The van der Waals surface area contributed by atoms with Gasteiger partial charge in [-0.1, -0.05) is 121 Å². The van der Waals surface area contributed by atoms with E-state index in [-0.39, 0.29) is 19.6 Å². The molecule has 0 spiro atoms. The highest BCUT2D eigenvalue weighted by molar-refractivity contribution is 5.75. The molecule has 0 bridgehead atoms. The summed E-state index contributed by atoms with van der Waals surface area (Å²) in [7, 11) is 0. The summed E-state index contributed by atoms with van der Waals surface area (Å²) in [4.78, 5) is 13.4. The van der Waals surface area contributed by atoms with Crippen LogP contribution in [0.15, 0.2) is 121 Å². The van der Waals surface area contributed by atoms with Crippen molar-refractivity contribution in [2.75, 3.05) is 6.54 Å². The fourth-order valence-electron chi connectivity index (χ4n) is 5.14. The minimum atomic E-state index is -0.875. The zero-order valence-corrected chi connectivity index (χ0v) is 24.2. The predicted molar refractivity (Wildman–Crippen MR) is 164 cm³/mol. The molecule has 0 aliphatic carbocycles. The van der Waals surface area contributed by atoms with Crippen LogP contribution in [-0.2, 0) is 54.9 Å². The third-order valence-corrected chi connectivity index (χ3v) is 7.44. The quantitative estimate of drug-likeness (QED) is 0.194. The van der Waals surface area contributed by atoms with E-state index in [0.29, 0.717) is 19.8 Å². The Morgan fingerprint density at radius 3 is 1.65 bits per heavy atom. The van der Waals surface area contributed by atoms with Gasteiger partial charge < -0.3 is 29.4 Å². The van der Waals surface area contributed by atoms with E-state index in [1.165, 1.54) is 0 Å². The zero-order chi connectivity index (χ0) is 29.7. The molecule has 1 fully saturated rings. The lowest BCUT2D eigenvalue weighted by Gasteiger charge is -2.43. The molecular formula is C36H39NO6. The zero-order valence-electron chi connectivity index (χ0n) is 24.2. The summed E-state index contributed by atoms with van der Waals surface area (Å²) in [6.07, 6.45) is -2.88. The summed E-state index contributed by atoms with van der Waals surface area (Å²) < 4.78 is 31.5. The summed E-state index contributed by atoms with van der Waals surface area (Å²) in [6, 6.07) is 39.3. The molecule has 0 radical (unpaired) electrons. The summed E-state index contributed by atoms with van der Waals surface area (Å²) in [5.74, 6) is -0.456. The van der Waals surface area contributed by atoms with E-state index in [4.69, 9.17) is 29.4 Å². The molecule has 1 aliphatic heterocycles. The Morgan fingerprint density at radius 2 is 1.14 bits per heavy atom. The Labute approximate surface area is 253 Å². The minimum Gasteiger partial charge on any atom is -0.459 e. The first-order valence-electron chi connectivity index (χ1n) is 14.7. The van der Waals surface area contributed by atoms with Gasteiger partial charge in [-0.15, -0.1) is 0 Å². The van der Waals surface area contributed by atoms with Crippen molar-refractivity contribution in [3.05, 3.63) is 144 Å². The fraction of sp³-hybridized carbons (Fsp3) is 0.306.